The van der Waals surface area contributed by atoms with Gasteiger partial charge in [-0.3, -0.25) is 0 Å². The molecule has 17 heavy (non-hydrogen) atoms. The third-order valence-electron chi connectivity index (χ3n) is 2.78. The highest BCUT2D eigenvalue weighted by Crippen LogP contribution is 2.21. The predicted molar refractivity (Wildman–Crippen MR) is 60.1 cm³/mol. The van der Waals surface area contributed by atoms with Gasteiger partial charge in [0.15, 0.2) is 15.7 Å². The molecule has 0 aliphatic carbocycles. The molecule has 0 radical (unpaired) electrons. The summed E-state index contributed by atoms with van der Waals surface area (Å²) in [6, 6.07) is 0. The van der Waals surface area contributed by atoms with E-state index < -0.39 is 15.9 Å². The van der Waals surface area contributed by atoms with Gasteiger partial charge < -0.3 is 9.63 Å². The second kappa shape index (κ2) is 4.73. The first-order chi connectivity index (χ1) is 7.94. The van der Waals surface area contributed by atoms with Crippen LogP contribution in [-0.2, 0) is 22.7 Å². The Morgan fingerprint density at radius 3 is 2.94 bits per heavy atom. The predicted octanol–water partition coefficient (Wildman–Crippen LogP) is -0.0299. The summed E-state index contributed by atoms with van der Waals surface area (Å²) in [4.78, 5) is 4.13. The number of aromatic nitrogens is 2. The lowest BCUT2D eigenvalue weighted by Crippen LogP contribution is -2.08. The van der Waals surface area contributed by atoms with Crippen LogP contribution in [0.2, 0.25) is 0 Å². The Balaban J connectivity index is 1.93. The Morgan fingerprint density at radius 1 is 1.59 bits per heavy atom. The van der Waals surface area contributed by atoms with Gasteiger partial charge >= 0.3 is 0 Å². The number of aliphatic hydroxyl groups excluding tert-OH is 1. The first-order valence-electron chi connectivity index (χ1n) is 5.64. The minimum atomic E-state index is -2.86. The first-order valence-corrected chi connectivity index (χ1v) is 7.47. The summed E-state index contributed by atoms with van der Waals surface area (Å²) in [5, 5.41) is 12.9. The van der Waals surface area contributed by atoms with Crippen molar-refractivity contribution < 1.29 is 18.0 Å². The van der Waals surface area contributed by atoms with Gasteiger partial charge in [0.05, 0.1) is 17.6 Å². The van der Waals surface area contributed by atoms with Gasteiger partial charge in [0, 0.05) is 12.8 Å². The van der Waals surface area contributed by atoms with E-state index in [9.17, 15) is 8.42 Å². The maximum atomic E-state index is 11.3. The summed E-state index contributed by atoms with van der Waals surface area (Å²) in [5.41, 5.74) is 0. The van der Waals surface area contributed by atoms with Gasteiger partial charge in [-0.25, -0.2) is 8.42 Å². The molecule has 1 aliphatic rings. The number of hydrogen-bond donors (Lipinski definition) is 1. The lowest BCUT2D eigenvalue weighted by Gasteiger charge is -2.01. The van der Waals surface area contributed by atoms with Gasteiger partial charge in [-0.1, -0.05) is 5.16 Å². The fourth-order valence-corrected chi connectivity index (χ4v) is 3.86. The zero-order chi connectivity index (χ0) is 12.5. The molecule has 2 heterocycles. The number of rotatable bonds is 4. The highest BCUT2D eigenvalue weighted by Gasteiger charge is 2.29. The molecule has 1 saturated heterocycles. The summed E-state index contributed by atoms with van der Waals surface area (Å²) in [7, 11) is -2.86. The highest BCUT2D eigenvalue weighted by atomic mass is 32.2. The molecule has 0 amide bonds. The molecule has 1 aromatic heterocycles. The van der Waals surface area contributed by atoms with E-state index in [2.05, 4.69) is 10.1 Å². The van der Waals surface area contributed by atoms with Crippen molar-refractivity contribution in [3.05, 3.63) is 11.7 Å². The van der Waals surface area contributed by atoms with Gasteiger partial charge in [-0.05, 0) is 19.3 Å². The van der Waals surface area contributed by atoms with Crippen molar-refractivity contribution in [1.29, 1.82) is 0 Å². The summed E-state index contributed by atoms with van der Waals surface area (Å²) >= 11 is 0. The van der Waals surface area contributed by atoms with E-state index in [1.54, 1.807) is 6.92 Å². The quantitative estimate of drug-likeness (QED) is 0.817. The molecule has 7 heteroatoms. The van der Waals surface area contributed by atoms with Crippen LogP contribution in [0.4, 0.5) is 0 Å². The average Bonchev–Trinajstić information content (AvgIpc) is 2.73. The fourth-order valence-electron chi connectivity index (χ4n) is 2.00. The van der Waals surface area contributed by atoms with Crippen molar-refractivity contribution in [2.24, 2.45) is 5.92 Å². The van der Waals surface area contributed by atoms with Gasteiger partial charge in [0.2, 0.25) is 5.89 Å². The molecule has 1 aliphatic heterocycles. The van der Waals surface area contributed by atoms with Crippen molar-refractivity contribution in [2.45, 2.75) is 32.3 Å². The van der Waals surface area contributed by atoms with Crippen LogP contribution in [0.3, 0.4) is 0 Å². The summed E-state index contributed by atoms with van der Waals surface area (Å²) in [6.45, 7) is 1.65. The Kier molecular flexibility index (Phi) is 3.48. The van der Waals surface area contributed by atoms with Crippen LogP contribution in [0, 0.1) is 5.92 Å². The minimum Gasteiger partial charge on any atom is -0.393 e. The van der Waals surface area contributed by atoms with Crippen LogP contribution in [0.15, 0.2) is 4.52 Å². The van der Waals surface area contributed by atoms with Gasteiger partial charge in [-0.15, -0.1) is 0 Å². The highest BCUT2D eigenvalue weighted by molar-refractivity contribution is 7.91. The second-order valence-corrected chi connectivity index (χ2v) is 6.86. The standard InChI is InChI=1S/C10H16N2O4S/c1-7(13)4-9-11-10(16-12-9)5-8-2-3-17(14,15)6-8/h7-8,13H,2-6H2,1H3. The number of sulfone groups is 1. The molecule has 0 bridgehead atoms. The van der Waals surface area contributed by atoms with Crippen molar-refractivity contribution in [2.75, 3.05) is 11.5 Å². The molecule has 96 valence electrons. The van der Waals surface area contributed by atoms with Crippen molar-refractivity contribution in [3.63, 3.8) is 0 Å². The molecule has 2 unspecified atom stereocenters. The van der Waals surface area contributed by atoms with Crippen LogP contribution >= 0.6 is 0 Å². The maximum absolute atomic E-state index is 11.3. The first kappa shape index (κ1) is 12.5. The van der Waals surface area contributed by atoms with E-state index >= 15 is 0 Å². The van der Waals surface area contributed by atoms with Crippen LogP contribution in [0.5, 0.6) is 0 Å². The van der Waals surface area contributed by atoms with E-state index in [1.807, 2.05) is 0 Å². The van der Waals surface area contributed by atoms with Crippen molar-refractivity contribution >= 4 is 9.84 Å². The van der Waals surface area contributed by atoms with Gasteiger partial charge in [0.25, 0.3) is 0 Å². The van der Waals surface area contributed by atoms with Crippen LogP contribution in [-0.4, -0.2) is 41.3 Å². The number of aliphatic hydroxyl groups is 1. The number of hydrogen-bond acceptors (Lipinski definition) is 6. The molecule has 0 aromatic carbocycles. The minimum absolute atomic E-state index is 0.0832. The molecule has 0 spiro atoms. The molecule has 1 fully saturated rings. The van der Waals surface area contributed by atoms with Crippen LogP contribution < -0.4 is 0 Å². The van der Waals surface area contributed by atoms with E-state index in [4.69, 9.17) is 9.63 Å². The largest absolute Gasteiger partial charge is 0.393 e. The third-order valence-corrected chi connectivity index (χ3v) is 4.62. The van der Waals surface area contributed by atoms with Crippen LogP contribution in [0.1, 0.15) is 25.1 Å². The van der Waals surface area contributed by atoms with Crippen molar-refractivity contribution in [1.82, 2.24) is 10.1 Å². The van der Waals surface area contributed by atoms with E-state index in [-0.39, 0.29) is 17.4 Å². The van der Waals surface area contributed by atoms with Crippen molar-refractivity contribution in [3.8, 4) is 0 Å². The zero-order valence-corrected chi connectivity index (χ0v) is 10.5. The Morgan fingerprint density at radius 2 is 2.35 bits per heavy atom. The molecule has 2 rings (SSSR count). The Hall–Kier alpha value is -0.950. The Bertz CT molecular complexity index is 480. The summed E-state index contributed by atoms with van der Waals surface area (Å²) in [6.07, 6.45) is 1.02. The summed E-state index contributed by atoms with van der Waals surface area (Å²) in [5.74, 6) is 1.48. The van der Waals surface area contributed by atoms with Gasteiger partial charge in [-0.2, -0.15) is 4.98 Å². The molecule has 0 saturated carbocycles. The monoisotopic (exact) mass is 260 g/mol. The molecule has 1 N–H and O–H groups in total. The number of nitrogens with zero attached hydrogens (tertiary/aromatic N) is 2. The maximum Gasteiger partial charge on any atom is 0.226 e. The molecule has 6 nitrogen and oxygen atoms in total. The normalized spacial score (nSPS) is 24.9. The average molecular weight is 260 g/mol. The molecular weight excluding hydrogens is 244 g/mol. The fraction of sp³-hybridized carbons (Fsp3) is 0.800. The van der Waals surface area contributed by atoms with E-state index in [0.29, 0.717) is 31.0 Å². The van der Waals surface area contributed by atoms with Gasteiger partial charge in [0.1, 0.15) is 0 Å². The molecule has 2 atom stereocenters. The SMILES string of the molecule is CC(O)Cc1noc(CC2CCS(=O)(=O)C2)n1. The van der Waals surface area contributed by atoms with Crippen LogP contribution in [0.25, 0.3) is 0 Å². The van der Waals surface area contributed by atoms with E-state index in [1.165, 1.54) is 0 Å². The summed E-state index contributed by atoms with van der Waals surface area (Å²) < 4.78 is 27.6. The third kappa shape index (κ3) is 3.50. The second-order valence-electron chi connectivity index (χ2n) is 4.63. The Labute approximate surface area is 99.9 Å². The van der Waals surface area contributed by atoms with E-state index in [0.717, 1.165) is 0 Å². The lowest BCUT2D eigenvalue weighted by molar-refractivity contribution is 0.191. The lowest BCUT2D eigenvalue weighted by atomic mass is 10.1. The molecular formula is C10H16N2O4S. The molecule has 1 aromatic rings. The topological polar surface area (TPSA) is 93.3 Å². The smallest absolute Gasteiger partial charge is 0.226 e. The zero-order valence-electron chi connectivity index (χ0n) is 9.66.